The number of hydrogen-bond acceptors (Lipinski definition) is 2. The standard InChI is InChI=1S/C17H14BrNO/c18-13-8-9-14(19-11-13)10-17(20)16-7-3-5-12-4-1-2-6-15(12)16/h1-9,11,17,20H,10H2. The van der Waals surface area contributed by atoms with Gasteiger partial charge in [0.2, 0.25) is 0 Å². The molecule has 1 atom stereocenters. The first kappa shape index (κ1) is 13.3. The maximum Gasteiger partial charge on any atom is 0.0851 e. The van der Waals surface area contributed by atoms with Crippen LogP contribution in [0, 0.1) is 0 Å². The van der Waals surface area contributed by atoms with Crippen molar-refractivity contribution < 1.29 is 5.11 Å². The van der Waals surface area contributed by atoms with Crippen LogP contribution in [0.4, 0.5) is 0 Å². The lowest BCUT2D eigenvalue weighted by Gasteiger charge is -2.13. The van der Waals surface area contributed by atoms with E-state index in [0.29, 0.717) is 6.42 Å². The van der Waals surface area contributed by atoms with Crippen molar-refractivity contribution in [2.45, 2.75) is 12.5 Å². The number of halogens is 1. The van der Waals surface area contributed by atoms with Gasteiger partial charge < -0.3 is 5.11 Å². The molecule has 1 aromatic heterocycles. The topological polar surface area (TPSA) is 33.1 Å². The molecule has 0 aliphatic rings. The lowest BCUT2D eigenvalue weighted by molar-refractivity contribution is 0.179. The quantitative estimate of drug-likeness (QED) is 0.779. The van der Waals surface area contributed by atoms with Crippen molar-refractivity contribution >= 4 is 26.7 Å². The van der Waals surface area contributed by atoms with E-state index in [-0.39, 0.29) is 0 Å². The van der Waals surface area contributed by atoms with Crippen molar-refractivity contribution in [1.82, 2.24) is 4.98 Å². The van der Waals surface area contributed by atoms with Crippen molar-refractivity contribution in [3.05, 3.63) is 76.5 Å². The Hall–Kier alpha value is -1.71. The Bertz CT molecular complexity index is 719. The van der Waals surface area contributed by atoms with E-state index in [1.807, 2.05) is 42.5 Å². The highest BCUT2D eigenvalue weighted by Crippen LogP contribution is 2.26. The Morgan fingerprint density at radius 3 is 2.60 bits per heavy atom. The third-order valence-corrected chi connectivity index (χ3v) is 3.84. The van der Waals surface area contributed by atoms with E-state index in [1.54, 1.807) is 6.20 Å². The van der Waals surface area contributed by atoms with Crippen LogP contribution in [0.25, 0.3) is 10.8 Å². The number of pyridine rings is 1. The van der Waals surface area contributed by atoms with Gasteiger partial charge in [-0.2, -0.15) is 0 Å². The number of fused-ring (bicyclic) bond motifs is 1. The summed E-state index contributed by atoms with van der Waals surface area (Å²) in [7, 11) is 0. The van der Waals surface area contributed by atoms with Crippen LogP contribution in [-0.2, 0) is 6.42 Å². The van der Waals surface area contributed by atoms with Crippen LogP contribution in [0.15, 0.2) is 65.3 Å². The molecule has 1 heterocycles. The van der Waals surface area contributed by atoms with Gasteiger partial charge in [-0.3, -0.25) is 4.98 Å². The van der Waals surface area contributed by atoms with Gasteiger partial charge in [0.15, 0.2) is 0 Å². The summed E-state index contributed by atoms with van der Waals surface area (Å²) in [6, 6.07) is 18.0. The van der Waals surface area contributed by atoms with Crippen molar-refractivity contribution in [3.8, 4) is 0 Å². The average molecular weight is 328 g/mol. The fraction of sp³-hybridized carbons (Fsp3) is 0.118. The van der Waals surface area contributed by atoms with Gasteiger partial charge in [-0.25, -0.2) is 0 Å². The minimum atomic E-state index is -0.547. The lowest BCUT2D eigenvalue weighted by atomic mass is 9.98. The highest BCUT2D eigenvalue weighted by Gasteiger charge is 2.12. The second-order valence-electron chi connectivity index (χ2n) is 4.76. The first-order valence-corrected chi connectivity index (χ1v) is 7.29. The molecule has 0 radical (unpaired) electrons. The summed E-state index contributed by atoms with van der Waals surface area (Å²) < 4.78 is 0.945. The van der Waals surface area contributed by atoms with Gasteiger partial charge in [-0.05, 0) is 44.4 Å². The van der Waals surface area contributed by atoms with Crippen LogP contribution in [0.3, 0.4) is 0 Å². The highest BCUT2D eigenvalue weighted by atomic mass is 79.9. The van der Waals surface area contributed by atoms with Crippen LogP contribution in [0.5, 0.6) is 0 Å². The number of rotatable bonds is 3. The van der Waals surface area contributed by atoms with Crippen LogP contribution in [0.1, 0.15) is 17.4 Å². The molecule has 0 saturated heterocycles. The Morgan fingerprint density at radius 2 is 1.80 bits per heavy atom. The molecular weight excluding hydrogens is 314 g/mol. The van der Waals surface area contributed by atoms with Crippen LogP contribution in [-0.4, -0.2) is 10.1 Å². The molecule has 0 bridgehead atoms. The van der Waals surface area contributed by atoms with Gasteiger partial charge >= 0.3 is 0 Å². The summed E-state index contributed by atoms with van der Waals surface area (Å²) in [5.74, 6) is 0. The Balaban J connectivity index is 1.92. The smallest absolute Gasteiger partial charge is 0.0851 e. The average Bonchev–Trinajstić information content (AvgIpc) is 2.49. The third-order valence-electron chi connectivity index (χ3n) is 3.37. The number of aromatic nitrogens is 1. The second-order valence-corrected chi connectivity index (χ2v) is 5.67. The predicted molar refractivity (Wildman–Crippen MR) is 84.5 cm³/mol. The molecule has 2 aromatic carbocycles. The van der Waals surface area contributed by atoms with Crippen molar-refractivity contribution in [3.63, 3.8) is 0 Å². The minimum Gasteiger partial charge on any atom is -0.388 e. The molecule has 100 valence electrons. The summed E-state index contributed by atoms with van der Waals surface area (Å²) in [5.41, 5.74) is 1.83. The minimum absolute atomic E-state index is 0.515. The van der Waals surface area contributed by atoms with E-state index >= 15 is 0 Å². The van der Waals surface area contributed by atoms with Crippen molar-refractivity contribution in [1.29, 1.82) is 0 Å². The number of aliphatic hydroxyl groups is 1. The summed E-state index contributed by atoms with van der Waals surface area (Å²) in [5, 5.41) is 12.7. The SMILES string of the molecule is OC(Cc1ccc(Br)cn1)c1cccc2ccccc12. The highest BCUT2D eigenvalue weighted by molar-refractivity contribution is 9.10. The normalized spacial score (nSPS) is 12.5. The Morgan fingerprint density at radius 1 is 1.00 bits per heavy atom. The molecule has 3 rings (SSSR count). The summed E-state index contributed by atoms with van der Waals surface area (Å²) >= 11 is 3.36. The van der Waals surface area contributed by atoms with Gasteiger partial charge in [-0.15, -0.1) is 0 Å². The zero-order valence-electron chi connectivity index (χ0n) is 10.8. The maximum atomic E-state index is 10.5. The number of benzene rings is 2. The van der Waals surface area contributed by atoms with Crippen LogP contribution >= 0.6 is 15.9 Å². The van der Waals surface area contributed by atoms with E-state index in [2.05, 4.69) is 33.0 Å². The van der Waals surface area contributed by atoms with Gasteiger partial charge in [0, 0.05) is 22.8 Å². The zero-order chi connectivity index (χ0) is 13.9. The van der Waals surface area contributed by atoms with E-state index in [4.69, 9.17) is 0 Å². The fourth-order valence-corrected chi connectivity index (χ4v) is 2.61. The Labute approximate surface area is 126 Å². The molecule has 0 fully saturated rings. The van der Waals surface area contributed by atoms with Gasteiger partial charge in [0.25, 0.3) is 0 Å². The first-order valence-electron chi connectivity index (χ1n) is 6.50. The number of nitrogens with zero attached hydrogens (tertiary/aromatic N) is 1. The molecule has 1 N–H and O–H groups in total. The van der Waals surface area contributed by atoms with E-state index in [0.717, 1.165) is 26.5 Å². The molecule has 3 heteroatoms. The molecule has 0 aliphatic heterocycles. The first-order chi connectivity index (χ1) is 9.74. The van der Waals surface area contributed by atoms with E-state index < -0.39 is 6.10 Å². The monoisotopic (exact) mass is 327 g/mol. The maximum absolute atomic E-state index is 10.5. The van der Waals surface area contributed by atoms with E-state index in [1.165, 1.54) is 0 Å². The van der Waals surface area contributed by atoms with E-state index in [9.17, 15) is 5.11 Å². The van der Waals surface area contributed by atoms with Crippen LogP contribution in [0.2, 0.25) is 0 Å². The molecule has 2 nitrogen and oxygen atoms in total. The molecule has 0 spiro atoms. The fourth-order valence-electron chi connectivity index (χ4n) is 2.38. The van der Waals surface area contributed by atoms with Gasteiger partial charge in [0.05, 0.1) is 6.10 Å². The zero-order valence-corrected chi connectivity index (χ0v) is 12.4. The molecule has 0 amide bonds. The number of hydrogen-bond donors (Lipinski definition) is 1. The molecule has 0 saturated carbocycles. The van der Waals surface area contributed by atoms with Crippen molar-refractivity contribution in [2.24, 2.45) is 0 Å². The van der Waals surface area contributed by atoms with Gasteiger partial charge in [0.1, 0.15) is 0 Å². The molecule has 1 unspecified atom stereocenters. The predicted octanol–water partition coefficient (Wildman–Crippen LogP) is 4.27. The second kappa shape index (κ2) is 5.73. The van der Waals surface area contributed by atoms with Crippen LogP contribution < -0.4 is 0 Å². The molecule has 0 aliphatic carbocycles. The lowest BCUT2D eigenvalue weighted by Crippen LogP contribution is -2.04. The van der Waals surface area contributed by atoms with Gasteiger partial charge in [-0.1, -0.05) is 42.5 Å². The molecule has 3 aromatic rings. The third kappa shape index (κ3) is 2.74. The van der Waals surface area contributed by atoms with Crippen molar-refractivity contribution in [2.75, 3.05) is 0 Å². The molecular formula is C17H14BrNO. The number of aliphatic hydroxyl groups excluding tert-OH is 1. The molecule has 20 heavy (non-hydrogen) atoms. The summed E-state index contributed by atoms with van der Waals surface area (Å²) in [4.78, 5) is 4.32. The Kier molecular flexibility index (Phi) is 3.81. The summed E-state index contributed by atoms with van der Waals surface area (Å²) in [6.07, 6.45) is 1.72. The summed E-state index contributed by atoms with van der Waals surface area (Å²) in [6.45, 7) is 0. The largest absolute Gasteiger partial charge is 0.388 e.